The molecule has 0 amide bonds. The van der Waals surface area contributed by atoms with Crippen molar-refractivity contribution in [3.8, 4) is 6.07 Å². The maximum Gasteiger partial charge on any atom is 0.142 e. The van der Waals surface area contributed by atoms with Gasteiger partial charge in [0, 0.05) is 12.6 Å². The monoisotopic (exact) mass is 231 g/mol. The molecule has 1 aliphatic rings. The van der Waals surface area contributed by atoms with E-state index in [0.717, 1.165) is 25.3 Å². The van der Waals surface area contributed by atoms with E-state index >= 15 is 0 Å². The maximum absolute atomic E-state index is 8.79. The lowest BCUT2D eigenvalue weighted by Gasteiger charge is -2.36. The van der Waals surface area contributed by atoms with E-state index in [2.05, 4.69) is 24.1 Å². The molecule has 1 unspecified atom stereocenters. The summed E-state index contributed by atoms with van der Waals surface area (Å²) in [5, 5.41) is 12.2. The normalized spacial score (nSPS) is 22.8. The third-order valence-electron chi connectivity index (χ3n) is 2.91. The van der Waals surface area contributed by atoms with Crippen LogP contribution in [0.5, 0.6) is 0 Å². The van der Waals surface area contributed by atoms with Crippen LogP contribution >= 0.6 is 0 Å². The molecule has 4 heteroatoms. The van der Waals surface area contributed by atoms with Gasteiger partial charge in [0.05, 0.1) is 5.60 Å². The summed E-state index contributed by atoms with van der Waals surface area (Å²) in [6, 6.07) is 7.85. The molecule has 0 aliphatic carbocycles. The number of hydrogen-bond donors (Lipinski definition) is 1. The Labute approximate surface area is 102 Å². The Balaban J connectivity index is 2.03. The van der Waals surface area contributed by atoms with Crippen LogP contribution in [0.2, 0.25) is 0 Å². The highest BCUT2D eigenvalue weighted by Crippen LogP contribution is 2.25. The standard InChI is InChI=1S/C13H17N3O/c1-13(2)8-10(6-7-17-13)15-12-5-3-4-11(9-14)16-12/h3-5,10H,6-8H2,1-2H3,(H,15,16). The van der Waals surface area contributed by atoms with E-state index in [-0.39, 0.29) is 5.60 Å². The average molecular weight is 231 g/mol. The summed E-state index contributed by atoms with van der Waals surface area (Å²) >= 11 is 0. The summed E-state index contributed by atoms with van der Waals surface area (Å²) in [7, 11) is 0. The van der Waals surface area contributed by atoms with E-state index < -0.39 is 0 Å². The van der Waals surface area contributed by atoms with Crippen molar-refractivity contribution in [2.45, 2.75) is 38.3 Å². The fraction of sp³-hybridized carbons (Fsp3) is 0.538. The smallest absolute Gasteiger partial charge is 0.142 e. The number of aromatic nitrogens is 1. The van der Waals surface area contributed by atoms with E-state index in [0.29, 0.717) is 11.7 Å². The molecule has 4 nitrogen and oxygen atoms in total. The predicted octanol–water partition coefficient (Wildman–Crippen LogP) is 2.32. The van der Waals surface area contributed by atoms with Gasteiger partial charge in [0.25, 0.3) is 0 Å². The van der Waals surface area contributed by atoms with Crippen LogP contribution in [0.4, 0.5) is 5.82 Å². The van der Waals surface area contributed by atoms with E-state index in [9.17, 15) is 0 Å². The number of ether oxygens (including phenoxy) is 1. The van der Waals surface area contributed by atoms with Crippen LogP contribution in [-0.4, -0.2) is 23.2 Å². The molecule has 1 aliphatic heterocycles. The van der Waals surface area contributed by atoms with Gasteiger partial charge < -0.3 is 10.1 Å². The van der Waals surface area contributed by atoms with Crippen LogP contribution in [-0.2, 0) is 4.74 Å². The molecule has 2 heterocycles. The van der Waals surface area contributed by atoms with Gasteiger partial charge in [-0.25, -0.2) is 4.98 Å². The Kier molecular flexibility index (Phi) is 3.30. The van der Waals surface area contributed by atoms with Crippen molar-refractivity contribution in [3.63, 3.8) is 0 Å². The van der Waals surface area contributed by atoms with E-state index in [4.69, 9.17) is 10.00 Å². The van der Waals surface area contributed by atoms with E-state index in [1.807, 2.05) is 18.2 Å². The first-order chi connectivity index (χ1) is 8.09. The van der Waals surface area contributed by atoms with Crippen LogP contribution in [0, 0.1) is 11.3 Å². The average Bonchev–Trinajstić information content (AvgIpc) is 2.28. The molecular weight excluding hydrogens is 214 g/mol. The highest BCUT2D eigenvalue weighted by molar-refractivity contribution is 5.39. The van der Waals surface area contributed by atoms with Crippen molar-refractivity contribution in [3.05, 3.63) is 23.9 Å². The molecule has 0 spiro atoms. The molecule has 1 aromatic rings. The van der Waals surface area contributed by atoms with Gasteiger partial charge >= 0.3 is 0 Å². The van der Waals surface area contributed by atoms with Gasteiger partial charge in [0.2, 0.25) is 0 Å². The van der Waals surface area contributed by atoms with Crippen LogP contribution in [0.15, 0.2) is 18.2 Å². The molecule has 0 saturated carbocycles. The first-order valence-electron chi connectivity index (χ1n) is 5.87. The lowest BCUT2D eigenvalue weighted by Crippen LogP contribution is -2.40. The number of anilines is 1. The number of hydrogen-bond acceptors (Lipinski definition) is 4. The molecule has 0 aromatic carbocycles. The summed E-state index contributed by atoms with van der Waals surface area (Å²) < 4.78 is 5.67. The third-order valence-corrected chi connectivity index (χ3v) is 2.91. The Morgan fingerprint density at radius 2 is 2.35 bits per heavy atom. The first-order valence-corrected chi connectivity index (χ1v) is 5.87. The zero-order valence-corrected chi connectivity index (χ0v) is 10.2. The zero-order chi connectivity index (χ0) is 12.3. The van der Waals surface area contributed by atoms with Crippen molar-refractivity contribution >= 4 is 5.82 Å². The predicted molar refractivity (Wildman–Crippen MR) is 65.6 cm³/mol. The lowest BCUT2D eigenvalue weighted by molar-refractivity contribution is -0.0553. The molecule has 1 atom stereocenters. The van der Waals surface area contributed by atoms with Crippen LogP contribution in [0.3, 0.4) is 0 Å². The molecule has 1 aromatic heterocycles. The summed E-state index contributed by atoms with van der Waals surface area (Å²) in [6.45, 7) is 4.96. The molecule has 0 radical (unpaired) electrons. The number of nitrogens with zero attached hydrogens (tertiary/aromatic N) is 2. The SMILES string of the molecule is CC1(C)CC(Nc2cccc(C#N)n2)CCO1. The van der Waals surface area contributed by atoms with Gasteiger partial charge in [0.1, 0.15) is 17.6 Å². The topological polar surface area (TPSA) is 57.9 Å². The second-order valence-electron chi connectivity index (χ2n) is 4.96. The van der Waals surface area contributed by atoms with Gasteiger partial charge in [-0.3, -0.25) is 0 Å². The largest absolute Gasteiger partial charge is 0.375 e. The maximum atomic E-state index is 8.79. The highest BCUT2D eigenvalue weighted by atomic mass is 16.5. The quantitative estimate of drug-likeness (QED) is 0.848. The Hall–Kier alpha value is -1.60. The van der Waals surface area contributed by atoms with Crippen molar-refractivity contribution in [1.82, 2.24) is 4.98 Å². The van der Waals surface area contributed by atoms with Crippen molar-refractivity contribution in [2.75, 3.05) is 11.9 Å². The fourth-order valence-corrected chi connectivity index (χ4v) is 2.14. The van der Waals surface area contributed by atoms with Gasteiger partial charge in [-0.1, -0.05) is 6.07 Å². The van der Waals surface area contributed by atoms with Gasteiger partial charge in [0.15, 0.2) is 0 Å². The van der Waals surface area contributed by atoms with E-state index in [1.54, 1.807) is 6.07 Å². The second-order valence-corrected chi connectivity index (χ2v) is 4.96. The molecule has 0 bridgehead atoms. The van der Waals surface area contributed by atoms with Crippen molar-refractivity contribution in [1.29, 1.82) is 5.26 Å². The molecule has 1 saturated heterocycles. The van der Waals surface area contributed by atoms with Crippen LogP contribution < -0.4 is 5.32 Å². The molecule has 2 rings (SSSR count). The summed E-state index contributed by atoms with van der Waals surface area (Å²) in [4.78, 5) is 4.22. The van der Waals surface area contributed by atoms with Crippen molar-refractivity contribution < 1.29 is 4.74 Å². The fourth-order valence-electron chi connectivity index (χ4n) is 2.14. The Bertz CT molecular complexity index is 437. The number of nitrogens with one attached hydrogen (secondary N) is 1. The second kappa shape index (κ2) is 4.72. The van der Waals surface area contributed by atoms with Gasteiger partial charge in [-0.15, -0.1) is 0 Å². The van der Waals surface area contributed by atoms with Crippen LogP contribution in [0.1, 0.15) is 32.4 Å². The third kappa shape index (κ3) is 3.18. The summed E-state index contributed by atoms with van der Waals surface area (Å²) in [5.41, 5.74) is 0.365. The lowest BCUT2D eigenvalue weighted by atomic mass is 9.94. The molecule has 90 valence electrons. The van der Waals surface area contributed by atoms with Gasteiger partial charge in [-0.05, 0) is 38.8 Å². The van der Waals surface area contributed by atoms with Crippen LogP contribution in [0.25, 0.3) is 0 Å². The molecular formula is C13H17N3O. The van der Waals surface area contributed by atoms with E-state index in [1.165, 1.54) is 0 Å². The Morgan fingerprint density at radius 1 is 1.53 bits per heavy atom. The molecule has 1 N–H and O–H groups in total. The zero-order valence-electron chi connectivity index (χ0n) is 10.2. The minimum Gasteiger partial charge on any atom is -0.375 e. The molecule has 17 heavy (non-hydrogen) atoms. The van der Waals surface area contributed by atoms with Crippen molar-refractivity contribution in [2.24, 2.45) is 0 Å². The molecule has 1 fully saturated rings. The number of rotatable bonds is 2. The Morgan fingerprint density at radius 3 is 3.06 bits per heavy atom. The first kappa shape index (κ1) is 11.9. The summed E-state index contributed by atoms with van der Waals surface area (Å²) in [5.74, 6) is 0.770. The minimum absolute atomic E-state index is 0.0806. The number of pyridine rings is 1. The minimum atomic E-state index is -0.0806. The number of nitriles is 1. The highest BCUT2D eigenvalue weighted by Gasteiger charge is 2.28. The van der Waals surface area contributed by atoms with Gasteiger partial charge in [-0.2, -0.15) is 5.26 Å². The summed E-state index contributed by atoms with van der Waals surface area (Å²) in [6.07, 6.45) is 1.92.